The Hall–Kier alpha value is -0.640. The maximum atomic E-state index is 10.2. The molecule has 0 amide bonds. The summed E-state index contributed by atoms with van der Waals surface area (Å²) in [5, 5.41) is 108. The fourth-order valence-corrected chi connectivity index (χ4v) is 3.84. The molecule has 1 unspecified atom stereocenters. The second-order valence-electron chi connectivity index (χ2n) is 8.42. The number of rotatable bonds is 7. The molecule has 0 aliphatic carbocycles. The number of aliphatic hydroxyl groups excluding tert-OH is 11. The first-order chi connectivity index (χ1) is 16.0. The molecule has 0 spiro atoms. The van der Waals surface area contributed by atoms with Crippen molar-refractivity contribution >= 4 is 0 Å². The Bertz CT molecular complexity index is 639. The molecule has 3 heterocycles. The number of hydrogen-bond acceptors (Lipinski definition) is 16. The smallest absolute Gasteiger partial charge is 0.186 e. The number of hydrogen-bond donors (Lipinski definition) is 11. The van der Waals surface area contributed by atoms with Crippen LogP contribution in [0.15, 0.2) is 0 Å². The van der Waals surface area contributed by atoms with Crippen LogP contribution in [0.4, 0.5) is 0 Å². The van der Waals surface area contributed by atoms with E-state index in [4.69, 9.17) is 23.7 Å². The molecule has 3 fully saturated rings. The van der Waals surface area contributed by atoms with Crippen LogP contribution in [0.5, 0.6) is 0 Å². The molecule has 3 rings (SSSR count). The van der Waals surface area contributed by atoms with Crippen molar-refractivity contribution in [2.75, 3.05) is 19.8 Å². The lowest BCUT2D eigenvalue weighted by molar-refractivity contribution is -0.340. The van der Waals surface area contributed by atoms with Crippen molar-refractivity contribution in [1.82, 2.24) is 0 Å². The molecule has 3 aliphatic rings. The van der Waals surface area contributed by atoms with E-state index in [0.29, 0.717) is 0 Å². The molecule has 0 aromatic rings. The van der Waals surface area contributed by atoms with Crippen molar-refractivity contribution in [3.63, 3.8) is 0 Å². The number of aliphatic hydroxyl groups is 11. The molecular formula is C18H32O16. The van der Waals surface area contributed by atoms with E-state index >= 15 is 0 Å². The van der Waals surface area contributed by atoms with Gasteiger partial charge in [-0.25, -0.2) is 0 Å². The largest absolute Gasteiger partial charge is 0.394 e. The molecular weight excluding hydrogens is 472 g/mol. The van der Waals surface area contributed by atoms with Crippen molar-refractivity contribution in [3.05, 3.63) is 0 Å². The molecule has 0 radical (unpaired) electrons. The van der Waals surface area contributed by atoms with Gasteiger partial charge in [0.05, 0.1) is 19.8 Å². The minimum Gasteiger partial charge on any atom is -0.394 e. The predicted molar refractivity (Wildman–Crippen MR) is 101 cm³/mol. The van der Waals surface area contributed by atoms with Gasteiger partial charge in [0.15, 0.2) is 18.9 Å². The Kier molecular flexibility index (Phi) is 9.54. The van der Waals surface area contributed by atoms with Gasteiger partial charge in [0.25, 0.3) is 0 Å². The molecule has 0 aromatic heterocycles. The molecule has 16 heteroatoms. The zero-order valence-corrected chi connectivity index (χ0v) is 17.7. The highest BCUT2D eigenvalue weighted by Crippen LogP contribution is 2.27. The average Bonchev–Trinajstić information content (AvgIpc) is 2.82. The van der Waals surface area contributed by atoms with E-state index in [0.717, 1.165) is 0 Å². The van der Waals surface area contributed by atoms with E-state index in [2.05, 4.69) is 0 Å². The molecule has 0 saturated carbocycles. The maximum absolute atomic E-state index is 10.2. The first kappa shape index (κ1) is 27.9. The summed E-state index contributed by atoms with van der Waals surface area (Å²) in [6.07, 6.45) is -24.4. The van der Waals surface area contributed by atoms with E-state index < -0.39 is 112 Å². The quantitative estimate of drug-likeness (QED) is 0.154. The van der Waals surface area contributed by atoms with Gasteiger partial charge < -0.3 is 79.9 Å². The van der Waals surface area contributed by atoms with Gasteiger partial charge in [0.1, 0.15) is 73.2 Å². The van der Waals surface area contributed by atoms with E-state index in [9.17, 15) is 56.2 Å². The van der Waals surface area contributed by atoms with Crippen LogP contribution in [0, 0.1) is 0 Å². The molecule has 11 N–H and O–H groups in total. The molecule has 200 valence electrons. The van der Waals surface area contributed by atoms with Crippen LogP contribution in [0.25, 0.3) is 0 Å². The Morgan fingerprint density at radius 1 is 0.441 bits per heavy atom. The summed E-state index contributed by atoms with van der Waals surface area (Å²) in [5.41, 5.74) is 0. The summed E-state index contributed by atoms with van der Waals surface area (Å²) < 4.78 is 26.1. The fourth-order valence-electron chi connectivity index (χ4n) is 3.84. The zero-order chi connectivity index (χ0) is 25.3. The minimum absolute atomic E-state index is 0.570. The van der Waals surface area contributed by atoms with Gasteiger partial charge in [-0.3, -0.25) is 0 Å². The molecule has 15 atom stereocenters. The molecule has 34 heavy (non-hydrogen) atoms. The Morgan fingerprint density at radius 3 is 1.29 bits per heavy atom. The summed E-state index contributed by atoms with van der Waals surface area (Å²) in [6.45, 7) is -1.84. The summed E-state index contributed by atoms with van der Waals surface area (Å²) >= 11 is 0. The lowest BCUT2D eigenvalue weighted by atomic mass is 9.98. The molecule has 16 nitrogen and oxygen atoms in total. The van der Waals surface area contributed by atoms with Gasteiger partial charge in [-0.15, -0.1) is 0 Å². The summed E-state index contributed by atoms with van der Waals surface area (Å²) in [4.78, 5) is 0. The first-order valence-electron chi connectivity index (χ1n) is 10.6. The maximum Gasteiger partial charge on any atom is 0.186 e. The van der Waals surface area contributed by atoms with Crippen LogP contribution in [-0.2, 0) is 23.7 Å². The highest BCUT2D eigenvalue weighted by Gasteiger charge is 2.48. The summed E-state index contributed by atoms with van der Waals surface area (Å²) in [5.74, 6) is 0. The van der Waals surface area contributed by atoms with E-state index in [1.807, 2.05) is 0 Å². The Morgan fingerprint density at radius 2 is 0.824 bits per heavy atom. The molecule has 3 saturated heterocycles. The van der Waals surface area contributed by atoms with Crippen LogP contribution in [-0.4, -0.2) is 168 Å². The van der Waals surface area contributed by atoms with Crippen LogP contribution in [0.1, 0.15) is 0 Å². The van der Waals surface area contributed by atoms with Gasteiger partial charge in [-0.1, -0.05) is 0 Å². The van der Waals surface area contributed by atoms with Crippen LogP contribution in [0.2, 0.25) is 0 Å². The predicted octanol–water partition coefficient (Wildman–Crippen LogP) is -7.57. The highest BCUT2D eigenvalue weighted by molar-refractivity contribution is 4.92. The SMILES string of the molecule is OC[C@H]1O[C@H](OC[C@H]2O[C@H](OC[C@H]3OC(O)[C@H](O)[C@@H](O)[C@@H]3O)[C@H](O)[C@@H](O)[C@H]2O)[C@H](O)[C@@H](O)[C@@H]1O. The standard InChI is InChI=1S/C18H32O16/c19-1-4-7(20)11(24)14(27)17(33-4)31-3-6-9(22)12(25)15(28)18(34-6)30-2-5-8(21)10(23)13(26)16(29)32-5/h4-29H,1-3H2/t4-,5-,6-,7-,8-,9+,10+,11+,12+,13-,14-,15-,16?,17+,18+/m1/s1. The van der Waals surface area contributed by atoms with Crippen molar-refractivity contribution in [3.8, 4) is 0 Å². The van der Waals surface area contributed by atoms with Crippen LogP contribution >= 0.6 is 0 Å². The van der Waals surface area contributed by atoms with Crippen molar-refractivity contribution in [2.45, 2.75) is 92.1 Å². The van der Waals surface area contributed by atoms with E-state index in [-0.39, 0.29) is 0 Å². The van der Waals surface area contributed by atoms with E-state index in [1.165, 1.54) is 0 Å². The molecule has 3 aliphatic heterocycles. The Labute approximate surface area is 192 Å². The van der Waals surface area contributed by atoms with Gasteiger partial charge in [-0.2, -0.15) is 0 Å². The zero-order valence-electron chi connectivity index (χ0n) is 17.7. The van der Waals surface area contributed by atoms with E-state index in [1.54, 1.807) is 0 Å². The fraction of sp³-hybridized carbons (Fsp3) is 1.00. The van der Waals surface area contributed by atoms with Gasteiger partial charge in [0, 0.05) is 0 Å². The lowest BCUT2D eigenvalue weighted by Crippen LogP contribution is -2.62. The Balaban J connectivity index is 1.58. The third kappa shape index (κ3) is 5.68. The number of ether oxygens (including phenoxy) is 5. The normalized spacial score (nSPS) is 52.5. The van der Waals surface area contributed by atoms with Crippen molar-refractivity contribution in [1.29, 1.82) is 0 Å². The highest BCUT2D eigenvalue weighted by atomic mass is 16.7. The van der Waals surface area contributed by atoms with Crippen molar-refractivity contribution < 1.29 is 79.9 Å². The van der Waals surface area contributed by atoms with Crippen molar-refractivity contribution in [2.24, 2.45) is 0 Å². The molecule has 0 aromatic carbocycles. The third-order valence-corrected chi connectivity index (χ3v) is 6.05. The monoisotopic (exact) mass is 504 g/mol. The van der Waals surface area contributed by atoms with Gasteiger partial charge in [0.2, 0.25) is 0 Å². The molecule has 0 bridgehead atoms. The first-order valence-corrected chi connectivity index (χ1v) is 10.6. The van der Waals surface area contributed by atoms with Gasteiger partial charge in [-0.05, 0) is 0 Å². The summed E-state index contributed by atoms with van der Waals surface area (Å²) in [7, 11) is 0. The second kappa shape index (κ2) is 11.6. The average molecular weight is 504 g/mol. The second-order valence-corrected chi connectivity index (χ2v) is 8.42. The van der Waals surface area contributed by atoms with Crippen LogP contribution in [0.3, 0.4) is 0 Å². The summed E-state index contributed by atoms with van der Waals surface area (Å²) in [6, 6.07) is 0. The van der Waals surface area contributed by atoms with Gasteiger partial charge >= 0.3 is 0 Å². The third-order valence-electron chi connectivity index (χ3n) is 6.05. The minimum atomic E-state index is -1.82. The topological polar surface area (TPSA) is 269 Å². The lowest BCUT2D eigenvalue weighted by Gasteiger charge is -2.43. The van der Waals surface area contributed by atoms with Crippen LogP contribution < -0.4 is 0 Å².